The maximum absolute atomic E-state index is 12.1. The summed E-state index contributed by atoms with van der Waals surface area (Å²) in [5.41, 5.74) is 0. The fraction of sp³-hybridized carbons (Fsp3) is 0.688. The Morgan fingerprint density at radius 2 is 2.23 bits per heavy atom. The number of thiophene rings is 1. The van der Waals surface area contributed by atoms with E-state index < -0.39 is 0 Å². The molecule has 3 N–H and O–H groups in total. The zero-order valence-corrected chi connectivity index (χ0v) is 14.1. The molecule has 1 aromatic heterocycles. The number of hydrogen-bond donors (Lipinski definition) is 3. The second-order valence-corrected chi connectivity index (χ2v) is 6.73. The van der Waals surface area contributed by atoms with Crippen molar-refractivity contribution in [1.82, 2.24) is 15.5 Å². The molecule has 1 saturated heterocycles. The topological polar surface area (TPSA) is 64.6 Å². The SMILES string of the molecule is CCC(CCO)NC(=O)NCC(c1cccs1)N1CCCC1. The number of nitrogens with zero attached hydrogens (tertiary/aromatic N) is 1. The van der Waals surface area contributed by atoms with Crippen molar-refractivity contribution in [3.05, 3.63) is 22.4 Å². The highest BCUT2D eigenvalue weighted by Crippen LogP contribution is 2.27. The first-order valence-corrected chi connectivity index (χ1v) is 9.05. The third-order valence-electron chi connectivity index (χ3n) is 4.21. The van der Waals surface area contributed by atoms with Gasteiger partial charge in [-0.05, 0) is 50.2 Å². The summed E-state index contributed by atoms with van der Waals surface area (Å²) < 4.78 is 0. The van der Waals surface area contributed by atoms with E-state index in [1.54, 1.807) is 11.3 Å². The van der Waals surface area contributed by atoms with Gasteiger partial charge in [-0.2, -0.15) is 0 Å². The summed E-state index contributed by atoms with van der Waals surface area (Å²) in [5, 5.41) is 17.0. The Kier molecular flexibility index (Phi) is 7.15. The summed E-state index contributed by atoms with van der Waals surface area (Å²) in [6.07, 6.45) is 3.91. The highest BCUT2D eigenvalue weighted by atomic mass is 32.1. The molecule has 5 nitrogen and oxygen atoms in total. The molecular formula is C16H27N3O2S. The van der Waals surface area contributed by atoms with Gasteiger partial charge in [-0.25, -0.2) is 4.79 Å². The van der Waals surface area contributed by atoms with Crippen LogP contribution in [0.1, 0.15) is 43.5 Å². The maximum Gasteiger partial charge on any atom is 0.315 e. The summed E-state index contributed by atoms with van der Waals surface area (Å²) >= 11 is 1.75. The molecule has 0 aliphatic carbocycles. The van der Waals surface area contributed by atoms with Gasteiger partial charge in [0.1, 0.15) is 0 Å². The van der Waals surface area contributed by atoms with Crippen LogP contribution in [0.3, 0.4) is 0 Å². The average molecular weight is 325 g/mol. The Morgan fingerprint density at radius 1 is 1.45 bits per heavy atom. The molecule has 22 heavy (non-hydrogen) atoms. The molecule has 2 rings (SSSR count). The van der Waals surface area contributed by atoms with Crippen LogP contribution in [-0.2, 0) is 0 Å². The molecule has 2 atom stereocenters. The molecule has 1 aromatic rings. The smallest absolute Gasteiger partial charge is 0.315 e. The molecule has 1 aliphatic rings. The standard InChI is InChI=1S/C16H27N3O2S/c1-2-13(7-10-20)18-16(21)17-12-14(15-6-5-11-22-15)19-8-3-4-9-19/h5-6,11,13-14,20H,2-4,7-10,12H2,1H3,(H2,17,18,21). The fourth-order valence-corrected chi connectivity index (χ4v) is 3.76. The van der Waals surface area contributed by atoms with Crippen LogP contribution in [0.25, 0.3) is 0 Å². The predicted octanol–water partition coefficient (Wildman–Crippen LogP) is 2.35. The van der Waals surface area contributed by atoms with Gasteiger partial charge in [0.25, 0.3) is 0 Å². The van der Waals surface area contributed by atoms with E-state index in [1.165, 1.54) is 17.7 Å². The number of carbonyl (C=O) groups excluding carboxylic acids is 1. The van der Waals surface area contributed by atoms with Crippen molar-refractivity contribution < 1.29 is 9.90 Å². The third kappa shape index (κ3) is 4.97. The molecule has 1 fully saturated rings. The zero-order chi connectivity index (χ0) is 15.8. The minimum atomic E-state index is -0.138. The Morgan fingerprint density at radius 3 is 2.82 bits per heavy atom. The minimum absolute atomic E-state index is 0.0389. The van der Waals surface area contributed by atoms with E-state index >= 15 is 0 Å². The van der Waals surface area contributed by atoms with Gasteiger partial charge >= 0.3 is 6.03 Å². The predicted molar refractivity (Wildman–Crippen MR) is 90.2 cm³/mol. The fourth-order valence-electron chi connectivity index (χ4n) is 2.90. The van der Waals surface area contributed by atoms with Crippen molar-refractivity contribution in [3.63, 3.8) is 0 Å². The zero-order valence-electron chi connectivity index (χ0n) is 13.3. The summed E-state index contributed by atoms with van der Waals surface area (Å²) in [5.74, 6) is 0. The van der Waals surface area contributed by atoms with Crippen LogP contribution in [0, 0.1) is 0 Å². The minimum Gasteiger partial charge on any atom is -0.396 e. The van der Waals surface area contributed by atoms with Crippen molar-refractivity contribution >= 4 is 17.4 Å². The van der Waals surface area contributed by atoms with Crippen LogP contribution in [-0.4, -0.2) is 48.3 Å². The monoisotopic (exact) mass is 325 g/mol. The highest BCUT2D eigenvalue weighted by Gasteiger charge is 2.24. The number of hydrogen-bond acceptors (Lipinski definition) is 4. The third-order valence-corrected chi connectivity index (χ3v) is 5.19. The molecule has 124 valence electrons. The molecule has 1 aliphatic heterocycles. The number of carbonyl (C=O) groups is 1. The lowest BCUT2D eigenvalue weighted by molar-refractivity contribution is 0.215. The molecule has 2 heterocycles. The van der Waals surface area contributed by atoms with E-state index in [4.69, 9.17) is 5.11 Å². The van der Waals surface area contributed by atoms with Crippen LogP contribution in [0.15, 0.2) is 17.5 Å². The molecular weight excluding hydrogens is 298 g/mol. The van der Waals surface area contributed by atoms with Crippen molar-refractivity contribution in [2.75, 3.05) is 26.2 Å². The number of aliphatic hydroxyl groups excluding tert-OH is 1. The van der Waals surface area contributed by atoms with E-state index in [0.29, 0.717) is 13.0 Å². The first-order chi connectivity index (χ1) is 10.7. The van der Waals surface area contributed by atoms with Crippen molar-refractivity contribution in [2.45, 2.75) is 44.7 Å². The van der Waals surface area contributed by atoms with Gasteiger partial charge < -0.3 is 15.7 Å². The van der Waals surface area contributed by atoms with Gasteiger partial charge in [-0.15, -0.1) is 11.3 Å². The van der Waals surface area contributed by atoms with Gasteiger partial charge in [0.05, 0.1) is 6.04 Å². The van der Waals surface area contributed by atoms with Gasteiger partial charge in [0.15, 0.2) is 0 Å². The Labute approximate surface area is 136 Å². The van der Waals surface area contributed by atoms with Crippen molar-refractivity contribution in [2.24, 2.45) is 0 Å². The van der Waals surface area contributed by atoms with E-state index in [-0.39, 0.29) is 24.7 Å². The lowest BCUT2D eigenvalue weighted by Gasteiger charge is -2.27. The first kappa shape index (κ1) is 17.2. The molecule has 2 unspecified atom stereocenters. The molecule has 0 spiro atoms. The second kappa shape index (κ2) is 9.12. The molecule has 6 heteroatoms. The van der Waals surface area contributed by atoms with Crippen LogP contribution in [0.2, 0.25) is 0 Å². The number of urea groups is 1. The summed E-state index contributed by atoms with van der Waals surface area (Å²) in [4.78, 5) is 15.8. The highest BCUT2D eigenvalue weighted by molar-refractivity contribution is 7.10. The van der Waals surface area contributed by atoms with Gasteiger partial charge in [-0.1, -0.05) is 13.0 Å². The summed E-state index contributed by atoms with van der Waals surface area (Å²) in [6, 6.07) is 4.38. The van der Waals surface area contributed by atoms with Crippen LogP contribution in [0.5, 0.6) is 0 Å². The van der Waals surface area contributed by atoms with E-state index in [0.717, 1.165) is 19.5 Å². The largest absolute Gasteiger partial charge is 0.396 e. The van der Waals surface area contributed by atoms with Gasteiger partial charge in [0, 0.05) is 24.1 Å². The van der Waals surface area contributed by atoms with Gasteiger partial charge in [-0.3, -0.25) is 4.90 Å². The average Bonchev–Trinajstić information content (AvgIpc) is 3.20. The number of aliphatic hydroxyl groups is 1. The Balaban J connectivity index is 1.86. The maximum atomic E-state index is 12.1. The van der Waals surface area contributed by atoms with Crippen molar-refractivity contribution in [3.8, 4) is 0 Å². The normalized spacial score (nSPS) is 18.1. The van der Waals surface area contributed by atoms with Crippen molar-refractivity contribution in [1.29, 1.82) is 0 Å². The van der Waals surface area contributed by atoms with E-state index in [2.05, 4.69) is 33.0 Å². The van der Waals surface area contributed by atoms with Crippen LogP contribution in [0.4, 0.5) is 4.79 Å². The summed E-state index contributed by atoms with van der Waals surface area (Å²) in [6.45, 7) is 4.95. The quantitative estimate of drug-likeness (QED) is 0.687. The number of rotatable bonds is 8. The molecule has 0 aromatic carbocycles. The number of amides is 2. The molecule has 0 bridgehead atoms. The molecule has 0 saturated carbocycles. The Bertz CT molecular complexity index is 433. The lowest BCUT2D eigenvalue weighted by Crippen LogP contribution is -2.45. The van der Waals surface area contributed by atoms with Crippen LogP contribution < -0.4 is 10.6 Å². The summed E-state index contributed by atoms with van der Waals surface area (Å²) in [7, 11) is 0. The molecule has 2 amide bonds. The van der Waals surface area contributed by atoms with Gasteiger partial charge in [0.2, 0.25) is 0 Å². The second-order valence-electron chi connectivity index (χ2n) is 5.75. The van der Waals surface area contributed by atoms with E-state index in [9.17, 15) is 4.79 Å². The number of nitrogens with one attached hydrogen (secondary N) is 2. The molecule has 0 radical (unpaired) electrons. The van der Waals surface area contributed by atoms with E-state index in [1.807, 2.05) is 6.92 Å². The van der Waals surface area contributed by atoms with Crippen LogP contribution >= 0.6 is 11.3 Å². The lowest BCUT2D eigenvalue weighted by atomic mass is 10.1. The number of likely N-dealkylation sites (tertiary alicyclic amines) is 1. The Hall–Kier alpha value is -1.11. The first-order valence-electron chi connectivity index (χ1n) is 8.17.